The third-order valence-electron chi connectivity index (χ3n) is 4.65. The second-order valence-corrected chi connectivity index (χ2v) is 8.37. The van der Waals surface area contributed by atoms with Gasteiger partial charge in [-0.2, -0.15) is 0 Å². The minimum absolute atomic E-state index is 0.00538. The molecule has 2 aromatic rings. The molecule has 1 aliphatic heterocycles. The van der Waals surface area contributed by atoms with E-state index in [1.54, 1.807) is 11.0 Å². The third-order valence-corrected chi connectivity index (χ3v) is 6.01. The van der Waals surface area contributed by atoms with E-state index in [0.717, 1.165) is 11.1 Å². The number of morpholine rings is 1. The summed E-state index contributed by atoms with van der Waals surface area (Å²) in [6.45, 7) is 5.56. The molecule has 0 saturated carbocycles. The van der Waals surface area contributed by atoms with Crippen LogP contribution in [0.25, 0.3) is 0 Å². The van der Waals surface area contributed by atoms with Gasteiger partial charge in [0.15, 0.2) is 0 Å². The van der Waals surface area contributed by atoms with Crippen LogP contribution >= 0.6 is 0 Å². The number of hydrogen-bond acceptors (Lipinski definition) is 5. The fraction of sp³-hybridized carbons (Fsp3) is 0.350. The number of ether oxygens (including phenoxy) is 2. The van der Waals surface area contributed by atoms with Crippen LogP contribution in [0.3, 0.4) is 0 Å². The van der Waals surface area contributed by atoms with Crippen molar-refractivity contribution in [1.29, 1.82) is 0 Å². The third kappa shape index (κ3) is 4.28. The first-order valence-electron chi connectivity index (χ1n) is 8.97. The molecule has 3 rings (SSSR count). The summed E-state index contributed by atoms with van der Waals surface area (Å²) in [7, 11) is -2.41. The van der Waals surface area contributed by atoms with Gasteiger partial charge in [0, 0.05) is 13.1 Å². The molecule has 1 aliphatic rings. The van der Waals surface area contributed by atoms with Crippen LogP contribution < -0.4 is 9.46 Å². The van der Waals surface area contributed by atoms with E-state index in [1.807, 2.05) is 26.0 Å². The van der Waals surface area contributed by atoms with Gasteiger partial charge in [0.2, 0.25) is 0 Å². The molecule has 1 saturated heterocycles. The van der Waals surface area contributed by atoms with Crippen LogP contribution in [0.15, 0.2) is 41.3 Å². The van der Waals surface area contributed by atoms with Gasteiger partial charge in [-0.05, 0) is 49.2 Å². The van der Waals surface area contributed by atoms with Crippen LogP contribution in [0.2, 0.25) is 0 Å². The number of carbonyl (C=O) groups is 1. The zero-order valence-electron chi connectivity index (χ0n) is 16.2. The summed E-state index contributed by atoms with van der Waals surface area (Å²) in [5.41, 5.74) is 2.48. The Morgan fingerprint density at radius 1 is 1.11 bits per heavy atom. The van der Waals surface area contributed by atoms with Gasteiger partial charge in [-0.1, -0.05) is 12.1 Å². The number of rotatable bonds is 5. The van der Waals surface area contributed by atoms with Crippen molar-refractivity contribution in [3.05, 3.63) is 53.1 Å². The summed E-state index contributed by atoms with van der Waals surface area (Å²) in [4.78, 5) is 14.5. The first-order chi connectivity index (χ1) is 13.3. The molecule has 1 N–H and O–H groups in total. The Labute approximate surface area is 165 Å². The maximum Gasteiger partial charge on any atom is 0.261 e. The van der Waals surface area contributed by atoms with Crippen molar-refractivity contribution in [3.63, 3.8) is 0 Å². The van der Waals surface area contributed by atoms with Crippen molar-refractivity contribution in [3.8, 4) is 5.75 Å². The van der Waals surface area contributed by atoms with Gasteiger partial charge in [0.05, 0.1) is 36.5 Å². The maximum atomic E-state index is 12.9. The molecule has 8 heteroatoms. The Hall–Kier alpha value is -2.58. The van der Waals surface area contributed by atoms with Gasteiger partial charge in [-0.15, -0.1) is 0 Å². The van der Waals surface area contributed by atoms with Gasteiger partial charge < -0.3 is 14.4 Å². The number of hydrogen-bond donors (Lipinski definition) is 1. The zero-order chi connectivity index (χ0) is 20.3. The molecule has 1 heterocycles. The molecule has 28 heavy (non-hydrogen) atoms. The molecule has 150 valence electrons. The Kier molecular flexibility index (Phi) is 5.90. The van der Waals surface area contributed by atoms with E-state index in [4.69, 9.17) is 9.47 Å². The van der Waals surface area contributed by atoms with E-state index >= 15 is 0 Å². The van der Waals surface area contributed by atoms with E-state index in [9.17, 15) is 13.2 Å². The minimum atomic E-state index is -3.87. The maximum absolute atomic E-state index is 12.9. The molecule has 0 bridgehead atoms. The topological polar surface area (TPSA) is 84.9 Å². The monoisotopic (exact) mass is 404 g/mol. The van der Waals surface area contributed by atoms with Crippen molar-refractivity contribution in [1.82, 2.24) is 4.90 Å². The second-order valence-electron chi connectivity index (χ2n) is 6.69. The van der Waals surface area contributed by atoms with E-state index in [1.165, 1.54) is 25.3 Å². The van der Waals surface area contributed by atoms with Gasteiger partial charge in [-0.25, -0.2) is 8.42 Å². The fourth-order valence-electron chi connectivity index (χ4n) is 3.01. The SMILES string of the molecule is COc1ccc(S(=O)(=O)Nc2cc(C)ccc2C)cc1C(=O)N1CCOCC1. The zero-order valence-corrected chi connectivity index (χ0v) is 17.0. The van der Waals surface area contributed by atoms with Crippen molar-refractivity contribution < 1.29 is 22.7 Å². The predicted molar refractivity (Wildman–Crippen MR) is 106 cm³/mol. The normalized spacial score (nSPS) is 14.6. The number of anilines is 1. The Bertz CT molecular complexity index is 982. The van der Waals surface area contributed by atoms with E-state index in [0.29, 0.717) is 37.7 Å². The van der Waals surface area contributed by atoms with Gasteiger partial charge in [0.25, 0.3) is 15.9 Å². The van der Waals surface area contributed by atoms with Crippen LogP contribution in [0, 0.1) is 13.8 Å². The highest BCUT2D eigenvalue weighted by molar-refractivity contribution is 7.92. The van der Waals surface area contributed by atoms with Crippen molar-refractivity contribution >= 4 is 21.6 Å². The molecular weight excluding hydrogens is 380 g/mol. The Morgan fingerprint density at radius 3 is 2.50 bits per heavy atom. The summed E-state index contributed by atoms with van der Waals surface area (Å²) < 4.78 is 39.0. The summed E-state index contributed by atoms with van der Waals surface area (Å²) in [6, 6.07) is 9.85. The average molecular weight is 404 g/mol. The molecular formula is C20H24N2O5S. The average Bonchev–Trinajstić information content (AvgIpc) is 2.70. The van der Waals surface area contributed by atoms with Gasteiger partial charge in [0.1, 0.15) is 5.75 Å². The van der Waals surface area contributed by atoms with Crippen molar-refractivity contribution in [2.24, 2.45) is 0 Å². The number of sulfonamides is 1. The van der Waals surface area contributed by atoms with Gasteiger partial charge >= 0.3 is 0 Å². The van der Waals surface area contributed by atoms with E-state index in [2.05, 4.69) is 4.72 Å². The molecule has 0 unspecified atom stereocenters. The number of benzene rings is 2. The minimum Gasteiger partial charge on any atom is -0.496 e. The summed E-state index contributed by atoms with van der Waals surface area (Å²) in [6.07, 6.45) is 0. The van der Waals surface area contributed by atoms with Crippen LogP contribution in [-0.2, 0) is 14.8 Å². The number of methoxy groups -OCH3 is 1. The van der Waals surface area contributed by atoms with Crippen LogP contribution in [0.4, 0.5) is 5.69 Å². The lowest BCUT2D eigenvalue weighted by Crippen LogP contribution is -2.40. The smallest absolute Gasteiger partial charge is 0.261 e. The molecule has 0 aromatic heterocycles. The number of aryl methyl sites for hydroxylation is 2. The fourth-order valence-corrected chi connectivity index (χ4v) is 4.16. The quantitative estimate of drug-likeness (QED) is 0.828. The first kappa shape index (κ1) is 20.2. The Morgan fingerprint density at radius 2 is 1.82 bits per heavy atom. The van der Waals surface area contributed by atoms with Crippen molar-refractivity contribution in [2.75, 3.05) is 38.1 Å². The highest BCUT2D eigenvalue weighted by Gasteiger charge is 2.25. The molecule has 1 amide bonds. The predicted octanol–water partition coefficient (Wildman–Crippen LogP) is 2.59. The van der Waals surface area contributed by atoms with Crippen LogP contribution in [0.5, 0.6) is 5.75 Å². The van der Waals surface area contributed by atoms with E-state index in [-0.39, 0.29) is 16.4 Å². The molecule has 2 aromatic carbocycles. The van der Waals surface area contributed by atoms with Gasteiger partial charge in [-0.3, -0.25) is 9.52 Å². The molecule has 0 atom stereocenters. The molecule has 1 fully saturated rings. The lowest BCUT2D eigenvalue weighted by atomic mass is 10.1. The number of nitrogens with one attached hydrogen (secondary N) is 1. The molecule has 0 radical (unpaired) electrons. The summed E-state index contributed by atoms with van der Waals surface area (Å²) >= 11 is 0. The standard InChI is InChI=1S/C20H24N2O5S/c1-14-4-5-15(2)18(12-14)21-28(24,25)16-6-7-19(26-3)17(13-16)20(23)22-8-10-27-11-9-22/h4-7,12-13,21H,8-11H2,1-3H3. The van der Waals surface area contributed by atoms with Crippen LogP contribution in [0.1, 0.15) is 21.5 Å². The highest BCUT2D eigenvalue weighted by Crippen LogP contribution is 2.27. The Balaban J connectivity index is 1.95. The number of nitrogens with zero attached hydrogens (tertiary/aromatic N) is 1. The molecule has 0 aliphatic carbocycles. The number of amides is 1. The summed E-state index contributed by atoms with van der Waals surface area (Å²) in [5.74, 6) is 0.0612. The lowest BCUT2D eigenvalue weighted by molar-refractivity contribution is 0.0300. The molecule has 0 spiro atoms. The first-order valence-corrected chi connectivity index (χ1v) is 10.5. The number of carbonyl (C=O) groups excluding carboxylic acids is 1. The largest absolute Gasteiger partial charge is 0.496 e. The van der Waals surface area contributed by atoms with E-state index < -0.39 is 10.0 Å². The highest BCUT2D eigenvalue weighted by atomic mass is 32.2. The summed E-state index contributed by atoms with van der Waals surface area (Å²) in [5, 5.41) is 0. The molecule has 7 nitrogen and oxygen atoms in total. The second kappa shape index (κ2) is 8.20. The van der Waals surface area contributed by atoms with Crippen molar-refractivity contribution in [2.45, 2.75) is 18.7 Å². The van der Waals surface area contributed by atoms with Crippen LogP contribution in [-0.4, -0.2) is 52.6 Å². The lowest BCUT2D eigenvalue weighted by Gasteiger charge is -2.27.